The third-order valence-corrected chi connectivity index (χ3v) is 4.45. The lowest BCUT2D eigenvalue weighted by Crippen LogP contribution is -2.41. The van der Waals surface area contributed by atoms with Gasteiger partial charge in [0.25, 0.3) is 5.56 Å². The van der Waals surface area contributed by atoms with Crippen molar-refractivity contribution in [3.05, 3.63) is 22.5 Å². The van der Waals surface area contributed by atoms with E-state index in [4.69, 9.17) is 4.74 Å². The van der Waals surface area contributed by atoms with Crippen molar-refractivity contribution in [3.63, 3.8) is 0 Å². The molecule has 1 saturated heterocycles. The average Bonchev–Trinajstić information content (AvgIpc) is 2.58. The SMILES string of the molecule is O=C(Cn1nc(N2CCOCC2)ccc1=O)NC1CCCCC1. The summed E-state index contributed by atoms with van der Waals surface area (Å²) in [5, 5.41) is 7.36. The number of ether oxygens (including phenoxy) is 1. The van der Waals surface area contributed by atoms with Gasteiger partial charge in [-0.1, -0.05) is 19.3 Å². The number of amides is 1. The lowest BCUT2D eigenvalue weighted by molar-refractivity contribution is -0.122. The quantitative estimate of drug-likeness (QED) is 0.876. The van der Waals surface area contributed by atoms with E-state index in [-0.39, 0.29) is 24.1 Å². The molecule has 0 radical (unpaired) electrons. The first-order chi connectivity index (χ1) is 11.2. The van der Waals surface area contributed by atoms with Crippen LogP contribution in [0.5, 0.6) is 0 Å². The van der Waals surface area contributed by atoms with Gasteiger partial charge in [-0.25, -0.2) is 4.68 Å². The van der Waals surface area contributed by atoms with Gasteiger partial charge < -0.3 is 15.0 Å². The van der Waals surface area contributed by atoms with Crippen LogP contribution in [0, 0.1) is 0 Å². The first-order valence-electron chi connectivity index (χ1n) is 8.42. The highest BCUT2D eigenvalue weighted by Gasteiger charge is 2.17. The molecule has 0 aromatic carbocycles. The molecule has 1 aromatic heterocycles. The summed E-state index contributed by atoms with van der Waals surface area (Å²) in [6, 6.07) is 3.43. The minimum absolute atomic E-state index is 0.0203. The van der Waals surface area contributed by atoms with Gasteiger partial charge in [-0.3, -0.25) is 9.59 Å². The van der Waals surface area contributed by atoms with Gasteiger partial charge in [-0.05, 0) is 18.9 Å². The van der Waals surface area contributed by atoms with Crippen molar-refractivity contribution in [2.75, 3.05) is 31.2 Å². The molecule has 2 aliphatic rings. The zero-order valence-electron chi connectivity index (χ0n) is 13.4. The topological polar surface area (TPSA) is 76.5 Å². The molecule has 1 aliphatic heterocycles. The molecule has 23 heavy (non-hydrogen) atoms. The van der Waals surface area contributed by atoms with Gasteiger partial charge in [-0.2, -0.15) is 5.10 Å². The van der Waals surface area contributed by atoms with Crippen LogP contribution in [0.3, 0.4) is 0 Å². The van der Waals surface area contributed by atoms with Crippen LogP contribution in [0.4, 0.5) is 5.82 Å². The zero-order chi connectivity index (χ0) is 16.1. The van der Waals surface area contributed by atoms with Gasteiger partial charge in [0.05, 0.1) is 13.2 Å². The second-order valence-electron chi connectivity index (χ2n) is 6.19. The number of aromatic nitrogens is 2. The van der Waals surface area contributed by atoms with Crippen molar-refractivity contribution in [2.45, 2.75) is 44.7 Å². The second kappa shape index (κ2) is 7.59. The number of carbonyl (C=O) groups excluding carboxylic acids is 1. The maximum atomic E-state index is 12.2. The van der Waals surface area contributed by atoms with E-state index in [1.807, 2.05) is 0 Å². The molecule has 1 aromatic rings. The smallest absolute Gasteiger partial charge is 0.267 e. The van der Waals surface area contributed by atoms with Gasteiger partial charge in [0.15, 0.2) is 0 Å². The third-order valence-electron chi connectivity index (χ3n) is 4.45. The van der Waals surface area contributed by atoms with Gasteiger partial charge in [0, 0.05) is 25.2 Å². The maximum absolute atomic E-state index is 12.2. The molecule has 7 heteroatoms. The maximum Gasteiger partial charge on any atom is 0.267 e. The first kappa shape index (κ1) is 16.0. The largest absolute Gasteiger partial charge is 0.378 e. The summed E-state index contributed by atoms with van der Waals surface area (Å²) >= 11 is 0. The van der Waals surface area contributed by atoms with E-state index >= 15 is 0 Å². The summed E-state index contributed by atoms with van der Waals surface area (Å²) in [7, 11) is 0. The van der Waals surface area contributed by atoms with E-state index in [2.05, 4.69) is 15.3 Å². The standard InChI is InChI=1S/C16H24N4O3/c21-15(17-13-4-2-1-3-5-13)12-20-16(22)7-6-14(18-20)19-8-10-23-11-9-19/h6-7,13H,1-5,8-12H2,(H,17,21). The molecular formula is C16H24N4O3. The number of nitrogens with zero attached hydrogens (tertiary/aromatic N) is 3. The summed E-state index contributed by atoms with van der Waals surface area (Å²) < 4.78 is 6.58. The van der Waals surface area contributed by atoms with Crippen LogP contribution in [-0.2, 0) is 16.1 Å². The Morgan fingerprint density at radius 2 is 1.96 bits per heavy atom. The monoisotopic (exact) mass is 320 g/mol. The minimum atomic E-state index is -0.249. The van der Waals surface area contributed by atoms with Gasteiger partial charge in [-0.15, -0.1) is 0 Å². The zero-order valence-corrected chi connectivity index (χ0v) is 13.4. The fraction of sp³-hybridized carbons (Fsp3) is 0.688. The number of hydrogen-bond donors (Lipinski definition) is 1. The average molecular weight is 320 g/mol. The summed E-state index contributed by atoms with van der Waals surface area (Å²) in [5.41, 5.74) is -0.249. The number of rotatable bonds is 4. The van der Waals surface area contributed by atoms with Crippen LogP contribution in [-0.4, -0.2) is 48.0 Å². The molecule has 1 amide bonds. The van der Waals surface area contributed by atoms with Crippen molar-refractivity contribution >= 4 is 11.7 Å². The number of hydrogen-bond acceptors (Lipinski definition) is 5. The molecule has 2 heterocycles. The Morgan fingerprint density at radius 1 is 1.22 bits per heavy atom. The van der Waals surface area contributed by atoms with E-state index < -0.39 is 0 Å². The molecule has 0 unspecified atom stereocenters. The molecule has 3 rings (SSSR count). The van der Waals surface area contributed by atoms with Crippen molar-refractivity contribution in [3.8, 4) is 0 Å². The summed E-state index contributed by atoms with van der Waals surface area (Å²) in [4.78, 5) is 26.2. The Bertz CT molecular complexity index is 589. The van der Waals surface area contributed by atoms with Gasteiger partial charge in [0.2, 0.25) is 5.91 Å². The fourth-order valence-electron chi connectivity index (χ4n) is 3.17. The third kappa shape index (κ3) is 4.31. The molecule has 126 valence electrons. The molecule has 1 saturated carbocycles. The fourth-order valence-corrected chi connectivity index (χ4v) is 3.17. The molecule has 0 bridgehead atoms. The van der Waals surface area contributed by atoms with Gasteiger partial charge in [0.1, 0.15) is 12.4 Å². The Labute approximate surface area is 135 Å². The van der Waals surface area contributed by atoms with Crippen LogP contribution < -0.4 is 15.8 Å². The minimum Gasteiger partial charge on any atom is -0.378 e. The lowest BCUT2D eigenvalue weighted by atomic mass is 9.95. The highest BCUT2D eigenvalue weighted by Crippen LogP contribution is 2.17. The Kier molecular flexibility index (Phi) is 5.27. The number of carbonyl (C=O) groups is 1. The highest BCUT2D eigenvalue weighted by molar-refractivity contribution is 5.76. The highest BCUT2D eigenvalue weighted by atomic mass is 16.5. The van der Waals surface area contributed by atoms with Crippen molar-refractivity contribution in [1.82, 2.24) is 15.1 Å². The second-order valence-corrected chi connectivity index (χ2v) is 6.19. The molecule has 1 N–H and O–H groups in total. The molecule has 0 atom stereocenters. The van der Waals surface area contributed by atoms with Gasteiger partial charge >= 0.3 is 0 Å². The summed E-state index contributed by atoms with van der Waals surface area (Å²) in [6.45, 7) is 2.79. The Hall–Kier alpha value is -1.89. The first-order valence-corrected chi connectivity index (χ1v) is 8.42. The predicted molar refractivity (Wildman–Crippen MR) is 86.5 cm³/mol. The summed E-state index contributed by atoms with van der Waals surface area (Å²) in [6.07, 6.45) is 5.63. The molecular weight excluding hydrogens is 296 g/mol. The predicted octanol–water partition coefficient (Wildman–Crippen LogP) is 0.529. The van der Waals surface area contributed by atoms with Crippen LogP contribution in [0.25, 0.3) is 0 Å². The van der Waals surface area contributed by atoms with E-state index in [0.717, 1.165) is 44.6 Å². The van der Waals surface area contributed by atoms with E-state index in [1.165, 1.54) is 17.2 Å². The van der Waals surface area contributed by atoms with Crippen molar-refractivity contribution < 1.29 is 9.53 Å². The molecule has 1 aliphatic carbocycles. The van der Waals surface area contributed by atoms with Crippen LogP contribution in [0.2, 0.25) is 0 Å². The van der Waals surface area contributed by atoms with E-state index in [0.29, 0.717) is 13.2 Å². The number of anilines is 1. The normalized spacial score (nSPS) is 19.6. The van der Waals surface area contributed by atoms with E-state index in [9.17, 15) is 9.59 Å². The summed E-state index contributed by atoms with van der Waals surface area (Å²) in [5.74, 6) is 0.587. The Balaban J connectivity index is 1.64. The lowest BCUT2D eigenvalue weighted by Gasteiger charge is -2.28. The molecule has 0 spiro atoms. The van der Waals surface area contributed by atoms with Crippen LogP contribution in [0.15, 0.2) is 16.9 Å². The van der Waals surface area contributed by atoms with E-state index in [1.54, 1.807) is 6.07 Å². The number of nitrogens with one attached hydrogen (secondary N) is 1. The van der Waals surface area contributed by atoms with Crippen LogP contribution >= 0.6 is 0 Å². The Morgan fingerprint density at radius 3 is 2.70 bits per heavy atom. The van der Waals surface area contributed by atoms with Crippen molar-refractivity contribution in [1.29, 1.82) is 0 Å². The van der Waals surface area contributed by atoms with Crippen LogP contribution in [0.1, 0.15) is 32.1 Å². The number of morpholine rings is 1. The van der Waals surface area contributed by atoms with Crippen molar-refractivity contribution in [2.24, 2.45) is 0 Å². The molecule has 2 fully saturated rings. The molecule has 7 nitrogen and oxygen atoms in total.